The summed E-state index contributed by atoms with van der Waals surface area (Å²) in [5.41, 5.74) is -0.0291. The Morgan fingerprint density at radius 2 is 1.82 bits per heavy atom. The second kappa shape index (κ2) is 7.40. The highest BCUT2D eigenvalue weighted by Crippen LogP contribution is 2.20. The van der Waals surface area contributed by atoms with Gasteiger partial charge in [0.05, 0.1) is 15.7 Å². The normalized spacial score (nSPS) is 12.9. The number of nitrogens with one attached hydrogen (secondary N) is 1. The maximum atomic E-state index is 12.3. The lowest BCUT2D eigenvalue weighted by molar-refractivity contribution is -0.139. The highest BCUT2D eigenvalue weighted by Gasteiger charge is 2.27. The third-order valence-electron chi connectivity index (χ3n) is 3.24. The fourth-order valence-corrected chi connectivity index (χ4v) is 3.18. The summed E-state index contributed by atoms with van der Waals surface area (Å²) in [4.78, 5) is 23.3. The monoisotopic (exact) mass is 327 g/mol. The van der Waals surface area contributed by atoms with Crippen molar-refractivity contribution in [3.8, 4) is 0 Å². The average Bonchev–Trinajstić information content (AvgIpc) is 2.46. The zero-order valence-electron chi connectivity index (χ0n) is 12.9. The minimum Gasteiger partial charge on any atom is -0.480 e. The first-order valence-corrected chi connectivity index (χ1v) is 8.63. The van der Waals surface area contributed by atoms with Gasteiger partial charge in [-0.05, 0) is 32.4 Å². The Morgan fingerprint density at radius 3 is 2.32 bits per heavy atom. The van der Waals surface area contributed by atoms with Gasteiger partial charge in [-0.3, -0.25) is 4.79 Å². The quantitative estimate of drug-likeness (QED) is 0.796. The Bertz CT molecular complexity index is 652. The first-order chi connectivity index (χ1) is 10.2. The lowest BCUT2D eigenvalue weighted by Gasteiger charge is -2.16. The van der Waals surface area contributed by atoms with E-state index in [0.29, 0.717) is 6.42 Å². The molecule has 0 saturated carbocycles. The van der Waals surface area contributed by atoms with E-state index < -0.39 is 33.0 Å². The molecule has 0 aliphatic heterocycles. The van der Waals surface area contributed by atoms with Gasteiger partial charge in [0, 0.05) is 0 Å². The largest absolute Gasteiger partial charge is 0.480 e. The van der Waals surface area contributed by atoms with Crippen LogP contribution in [0.15, 0.2) is 29.2 Å². The lowest BCUT2D eigenvalue weighted by Crippen LogP contribution is -2.41. The first kappa shape index (κ1) is 18.2. The first-order valence-electron chi connectivity index (χ1n) is 7.08. The predicted molar refractivity (Wildman–Crippen MR) is 82.6 cm³/mol. The molecule has 1 aromatic carbocycles. The minimum atomic E-state index is -3.63. The van der Waals surface area contributed by atoms with Crippen molar-refractivity contribution in [2.45, 2.75) is 49.8 Å². The van der Waals surface area contributed by atoms with Gasteiger partial charge >= 0.3 is 5.97 Å². The Kier molecular flexibility index (Phi) is 6.11. The minimum absolute atomic E-state index is 0.0291. The number of aliphatic carboxylic acids is 1. The van der Waals surface area contributed by atoms with Gasteiger partial charge in [0.25, 0.3) is 5.91 Å². The zero-order chi connectivity index (χ0) is 16.9. The van der Waals surface area contributed by atoms with Crippen LogP contribution < -0.4 is 5.32 Å². The Labute approximate surface area is 130 Å². The highest BCUT2D eigenvalue weighted by molar-refractivity contribution is 7.92. The van der Waals surface area contributed by atoms with Crippen LogP contribution in [0, 0.1) is 0 Å². The topological polar surface area (TPSA) is 101 Å². The van der Waals surface area contributed by atoms with E-state index >= 15 is 0 Å². The molecule has 0 heterocycles. The number of rotatable bonds is 7. The number of carboxylic acid groups (broad SMARTS) is 1. The van der Waals surface area contributed by atoms with Crippen LogP contribution in [-0.4, -0.2) is 36.7 Å². The second-order valence-corrected chi connectivity index (χ2v) is 7.72. The molecule has 0 bridgehead atoms. The number of carboxylic acids is 1. The number of benzene rings is 1. The van der Waals surface area contributed by atoms with Gasteiger partial charge in [0.2, 0.25) is 0 Å². The molecular formula is C15H21NO5S. The Hall–Kier alpha value is -1.89. The van der Waals surface area contributed by atoms with E-state index in [1.54, 1.807) is 13.0 Å². The molecule has 0 aliphatic carbocycles. The summed E-state index contributed by atoms with van der Waals surface area (Å²) in [6, 6.07) is 4.79. The van der Waals surface area contributed by atoms with Crippen molar-refractivity contribution in [1.29, 1.82) is 0 Å². The number of hydrogen-bond acceptors (Lipinski definition) is 4. The van der Waals surface area contributed by atoms with E-state index in [1.165, 1.54) is 32.0 Å². The average molecular weight is 327 g/mol. The standard InChI is InChI=1S/C15H21NO5S/c1-4-7-12(15(18)19)16-14(17)11-8-5-6-9-13(11)22(20,21)10(2)3/h5-6,8-10,12H,4,7H2,1-3H3,(H,16,17)(H,18,19). The smallest absolute Gasteiger partial charge is 0.326 e. The Balaban J connectivity index is 3.17. The molecule has 0 aromatic heterocycles. The van der Waals surface area contributed by atoms with Gasteiger partial charge < -0.3 is 10.4 Å². The van der Waals surface area contributed by atoms with Crippen molar-refractivity contribution in [1.82, 2.24) is 5.32 Å². The molecule has 6 nitrogen and oxygen atoms in total. The number of hydrogen-bond donors (Lipinski definition) is 2. The molecule has 1 rings (SSSR count). The van der Waals surface area contributed by atoms with Crippen molar-refractivity contribution in [2.75, 3.05) is 0 Å². The summed E-state index contributed by atoms with van der Waals surface area (Å²) in [5, 5.41) is 10.8. The van der Waals surface area contributed by atoms with Crippen molar-refractivity contribution in [3.63, 3.8) is 0 Å². The Morgan fingerprint density at radius 1 is 1.23 bits per heavy atom. The van der Waals surface area contributed by atoms with Crippen LogP contribution in [-0.2, 0) is 14.6 Å². The molecule has 0 fully saturated rings. The van der Waals surface area contributed by atoms with Crippen LogP contribution in [0.1, 0.15) is 44.0 Å². The SMILES string of the molecule is CCCC(NC(=O)c1ccccc1S(=O)(=O)C(C)C)C(=O)O. The van der Waals surface area contributed by atoms with Crippen molar-refractivity contribution in [3.05, 3.63) is 29.8 Å². The molecule has 1 aromatic rings. The molecule has 122 valence electrons. The molecular weight excluding hydrogens is 306 g/mol. The van der Waals surface area contributed by atoms with E-state index in [2.05, 4.69) is 5.32 Å². The summed E-state index contributed by atoms with van der Waals surface area (Å²) in [7, 11) is -3.63. The van der Waals surface area contributed by atoms with Gasteiger partial charge in [-0.25, -0.2) is 13.2 Å². The van der Waals surface area contributed by atoms with Gasteiger partial charge in [0.1, 0.15) is 6.04 Å². The molecule has 0 saturated heterocycles. The van der Waals surface area contributed by atoms with Gasteiger partial charge in [-0.15, -0.1) is 0 Å². The molecule has 7 heteroatoms. The molecule has 2 N–H and O–H groups in total. The molecule has 0 aliphatic rings. The van der Waals surface area contributed by atoms with Crippen LogP contribution in [0.3, 0.4) is 0 Å². The summed E-state index contributed by atoms with van der Waals surface area (Å²) < 4.78 is 24.6. The van der Waals surface area contributed by atoms with E-state index in [4.69, 9.17) is 5.11 Å². The number of amides is 1. The third-order valence-corrected chi connectivity index (χ3v) is 5.45. The number of sulfone groups is 1. The summed E-state index contributed by atoms with van der Waals surface area (Å²) in [5.74, 6) is -1.83. The van der Waals surface area contributed by atoms with Crippen molar-refractivity contribution in [2.24, 2.45) is 0 Å². The van der Waals surface area contributed by atoms with Crippen LogP contribution in [0.4, 0.5) is 0 Å². The van der Waals surface area contributed by atoms with Gasteiger partial charge in [0.15, 0.2) is 9.84 Å². The van der Waals surface area contributed by atoms with Crippen molar-refractivity contribution >= 4 is 21.7 Å². The van der Waals surface area contributed by atoms with E-state index in [1.807, 2.05) is 0 Å². The molecule has 1 amide bonds. The maximum Gasteiger partial charge on any atom is 0.326 e. The number of carbonyl (C=O) groups is 2. The van der Waals surface area contributed by atoms with Crippen molar-refractivity contribution < 1.29 is 23.1 Å². The summed E-state index contributed by atoms with van der Waals surface area (Å²) in [6.07, 6.45) is 0.864. The molecule has 22 heavy (non-hydrogen) atoms. The third kappa shape index (κ3) is 4.07. The van der Waals surface area contributed by atoms with Gasteiger partial charge in [-0.2, -0.15) is 0 Å². The van der Waals surface area contributed by atoms with Crippen LogP contribution >= 0.6 is 0 Å². The highest BCUT2D eigenvalue weighted by atomic mass is 32.2. The summed E-state index contributed by atoms with van der Waals surface area (Å²) in [6.45, 7) is 4.86. The zero-order valence-corrected chi connectivity index (χ0v) is 13.7. The van der Waals surface area contributed by atoms with E-state index in [9.17, 15) is 18.0 Å². The summed E-state index contributed by atoms with van der Waals surface area (Å²) >= 11 is 0. The molecule has 1 atom stereocenters. The molecule has 0 radical (unpaired) electrons. The van der Waals surface area contributed by atoms with Crippen LogP contribution in [0.5, 0.6) is 0 Å². The molecule has 1 unspecified atom stereocenters. The predicted octanol–water partition coefficient (Wildman–Crippen LogP) is 1.85. The van der Waals surface area contributed by atoms with E-state index in [0.717, 1.165) is 0 Å². The fourth-order valence-electron chi connectivity index (χ4n) is 1.94. The van der Waals surface area contributed by atoms with Gasteiger partial charge in [-0.1, -0.05) is 25.5 Å². The fraction of sp³-hybridized carbons (Fsp3) is 0.467. The maximum absolute atomic E-state index is 12.3. The van der Waals surface area contributed by atoms with E-state index in [-0.39, 0.29) is 16.9 Å². The van der Waals surface area contributed by atoms with Crippen LogP contribution in [0.2, 0.25) is 0 Å². The molecule has 0 spiro atoms. The van der Waals surface area contributed by atoms with Crippen LogP contribution in [0.25, 0.3) is 0 Å². The number of carbonyl (C=O) groups excluding carboxylic acids is 1. The second-order valence-electron chi connectivity index (χ2n) is 5.24. The lowest BCUT2D eigenvalue weighted by atomic mass is 10.1.